The summed E-state index contributed by atoms with van der Waals surface area (Å²) in [5, 5.41) is 6.81. The number of fused-ring (bicyclic) bond motifs is 1. The summed E-state index contributed by atoms with van der Waals surface area (Å²) < 4.78 is 18.5. The molecule has 8 heteroatoms. The van der Waals surface area contributed by atoms with E-state index in [1.54, 1.807) is 12.1 Å². The summed E-state index contributed by atoms with van der Waals surface area (Å²) in [6, 6.07) is 11.7. The number of halogens is 1. The molecule has 5 N–H and O–H groups in total. The maximum atomic E-state index is 13.6. The van der Waals surface area contributed by atoms with Crippen molar-refractivity contribution in [2.75, 3.05) is 17.9 Å². The van der Waals surface area contributed by atoms with E-state index in [0.29, 0.717) is 22.6 Å². The number of hydrogen-bond donors (Lipinski definition) is 4. The van der Waals surface area contributed by atoms with Crippen LogP contribution in [0.4, 0.5) is 15.8 Å². The number of benzene rings is 2. The molecule has 1 aliphatic heterocycles. The summed E-state index contributed by atoms with van der Waals surface area (Å²) in [6.45, 7) is 0. The van der Waals surface area contributed by atoms with Gasteiger partial charge in [-0.2, -0.15) is 5.10 Å². The zero-order valence-electron chi connectivity index (χ0n) is 14.0. The van der Waals surface area contributed by atoms with E-state index in [0.717, 1.165) is 5.56 Å². The van der Waals surface area contributed by atoms with Gasteiger partial charge in [-0.15, -0.1) is 0 Å². The number of nitrogens with zero attached hydrogens (tertiary/aromatic N) is 1. The van der Waals surface area contributed by atoms with Crippen molar-refractivity contribution >= 4 is 29.2 Å². The van der Waals surface area contributed by atoms with Crippen LogP contribution in [0.25, 0.3) is 5.70 Å². The fraction of sp³-hybridized carbons (Fsp3) is 0.111. The van der Waals surface area contributed by atoms with Gasteiger partial charge in [0, 0.05) is 22.9 Å². The standard InChI is InChI=1S/C18H18FN5O2/c1-26-16-7-6-12(9-14(16)19)23-24-21-10-11-8-17(25)22-15-5-3-2-4-13(15)18(11)20/h2-7,9-10,23-24H,8,20H2,1H3,(H,22,25). The van der Waals surface area contributed by atoms with Crippen LogP contribution in [0.2, 0.25) is 0 Å². The quantitative estimate of drug-likeness (QED) is 0.488. The molecular weight excluding hydrogens is 337 g/mol. The Morgan fingerprint density at radius 1 is 1.31 bits per heavy atom. The predicted octanol–water partition coefficient (Wildman–Crippen LogP) is 2.45. The van der Waals surface area contributed by atoms with Gasteiger partial charge >= 0.3 is 0 Å². The molecule has 2 aromatic rings. The minimum Gasteiger partial charge on any atom is -0.494 e. The highest BCUT2D eigenvalue weighted by Gasteiger charge is 2.18. The summed E-state index contributed by atoms with van der Waals surface area (Å²) in [7, 11) is 1.40. The summed E-state index contributed by atoms with van der Waals surface area (Å²) in [5.41, 5.74) is 14.4. The molecule has 0 spiro atoms. The normalized spacial score (nSPS) is 13.8. The summed E-state index contributed by atoms with van der Waals surface area (Å²) in [4.78, 5) is 12.0. The van der Waals surface area contributed by atoms with E-state index >= 15 is 0 Å². The third kappa shape index (κ3) is 3.75. The van der Waals surface area contributed by atoms with E-state index in [-0.39, 0.29) is 18.1 Å². The molecule has 7 nitrogen and oxygen atoms in total. The zero-order chi connectivity index (χ0) is 18.5. The van der Waals surface area contributed by atoms with E-state index in [1.165, 1.54) is 25.5 Å². The lowest BCUT2D eigenvalue weighted by Gasteiger charge is -2.08. The van der Waals surface area contributed by atoms with Gasteiger partial charge in [0.2, 0.25) is 5.91 Å². The minimum absolute atomic E-state index is 0.100. The van der Waals surface area contributed by atoms with Gasteiger partial charge in [-0.25, -0.2) is 9.93 Å². The second-order valence-corrected chi connectivity index (χ2v) is 5.55. The van der Waals surface area contributed by atoms with Crippen molar-refractivity contribution in [2.45, 2.75) is 6.42 Å². The SMILES string of the molecule is COc1ccc(NNN=CC2=C(N)c3ccccc3NC(=O)C2)cc1F. The maximum Gasteiger partial charge on any atom is 0.228 e. The summed E-state index contributed by atoms with van der Waals surface area (Å²) >= 11 is 0. The van der Waals surface area contributed by atoms with E-state index in [2.05, 4.69) is 21.4 Å². The van der Waals surface area contributed by atoms with Gasteiger partial charge in [0.15, 0.2) is 11.6 Å². The van der Waals surface area contributed by atoms with Gasteiger partial charge in [-0.1, -0.05) is 18.2 Å². The van der Waals surface area contributed by atoms with Gasteiger partial charge < -0.3 is 15.8 Å². The van der Waals surface area contributed by atoms with Crippen molar-refractivity contribution < 1.29 is 13.9 Å². The van der Waals surface area contributed by atoms with Crippen LogP contribution in [0.5, 0.6) is 5.75 Å². The smallest absolute Gasteiger partial charge is 0.228 e. The Labute approximate surface area is 149 Å². The van der Waals surface area contributed by atoms with E-state index in [1.807, 2.05) is 18.2 Å². The van der Waals surface area contributed by atoms with Crippen molar-refractivity contribution in [1.29, 1.82) is 0 Å². The van der Waals surface area contributed by atoms with Crippen molar-refractivity contribution in [3.8, 4) is 5.75 Å². The Morgan fingerprint density at radius 2 is 2.12 bits per heavy atom. The number of rotatable bonds is 5. The third-order valence-corrected chi connectivity index (χ3v) is 3.83. The van der Waals surface area contributed by atoms with Crippen LogP contribution >= 0.6 is 0 Å². The fourth-order valence-electron chi connectivity index (χ4n) is 2.53. The number of nitrogens with one attached hydrogen (secondary N) is 3. The van der Waals surface area contributed by atoms with E-state index in [9.17, 15) is 9.18 Å². The van der Waals surface area contributed by atoms with Crippen molar-refractivity contribution in [3.63, 3.8) is 0 Å². The Hall–Kier alpha value is -3.55. The Bertz CT molecular complexity index is 895. The lowest BCUT2D eigenvalue weighted by Crippen LogP contribution is -2.16. The maximum absolute atomic E-state index is 13.6. The molecule has 3 rings (SSSR count). The van der Waals surface area contributed by atoms with Gasteiger partial charge in [0.25, 0.3) is 0 Å². The van der Waals surface area contributed by atoms with Gasteiger partial charge in [0.1, 0.15) is 0 Å². The molecule has 0 aliphatic carbocycles. The van der Waals surface area contributed by atoms with Crippen LogP contribution in [0.1, 0.15) is 12.0 Å². The number of carbonyl (C=O) groups is 1. The molecule has 0 unspecified atom stereocenters. The molecule has 1 aliphatic rings. The first-order chi connectivity index (χ1) is 12.6. The number of methoxy groups -OCH3 is 1. The highest BCUT2D eigenvalue weighted by Crippen LogP contribution is 2.27. The van der Waals surface area contributed by atoms with Gasteiger partial charge in [-0.05, 0) is 18.2 Å². The monoisotopic (exact) mass is 355 g/mol. The fourth-order valence-corrected chi connectivity index (χ4v) is 2.53. The molecule has 0 aromatic heterocycles. The molecule has 0 atom stereocenters. The lowest BCUT2D eigenvalue weighted by molar-refractivity contribution is -0.115. The predicted molar refractivity (Wildman–Crippen MR) is 99.0 cm³/mol. The average molecular weight is 355 g/mol. The first kappa shape index (κ1) is 17.3. The van der Waals surface area contributed by atoms with Gasteiger partial charge in [-0.3, -0.25) is 10.2 Å². The minimum atomic E-state index is -0.493. The highest BCUT2D eigenvalue weighted by atomic mass is 19.1. The average Bonchev–Trinajstić information content (AvgIpc) is 2.75. The van der Waals surface area contributed by atoms with Crippen LogP contribution < -0.4 is 26.7 Å². The van der Waals surface area contributed by atoms with E-state index in [4.69, 9.17) is 10.5 Å². The molecular formula is C18H18FN5O2. The number of anilines is 2. The summed E-state index contributed by atoms with van der Waals surface area (Å²) in [5.74, 6) is -0.517. The largest absolute Gasteiger partial charge is 0.494 e. The van der Waals surface area contributed by atoms with Crippen LogP contribution in [0, 0.1) is 5.82 Å². The molecule has 0 fully saturated rings. The Balaban J connectivity index is 1.71. The number of hydrogen-bond acceptors (Lipinski definition) is 6. The van der Waals surface area contributed by atoms with E-state index < -0.39 is 5.82 Å². The molecule has 0 saturated heterocycles. The number of hydrazine groups is 1. The molecule has 2 aromatic carbocycles. The van der Waals surface area contributed by atoms with Gasteiger partial charge in [0.05, 0.1) is 31.1 Å². The first-order valence-electron chi connectivity index (χ1n) is 7.84. The number of carbonyl (C=O) groups excluding carboxylic acids is 1. The lowest BCUT2D eigenvalue weighted by atomic mass is 10.1. The molecule has 1 amide bonds. The second kappa shape index (κ2) is 7.56. The van der Waals surface area contributed by atoms with Crippen molar-refractivity contribution in [1.82, 2.24) is 5.53 Å². The van der Waals surface area contributed by atoms with Crippen molar-refractivity contribution in [3.05, 3.63) is 59.4 Å². The number of para-hydroxylation sites is 1. The number of ether oxygens (including phenoxy) is 1. The molecule has 0 radical (unpaired) electrons. The van der Waals surface area contributed by atoms with Crippen LogP contribution in [-0.4, -0.2) is 19.2 Å². The van der Waals surface area contributed by atoms with Crippen LogP contribution in [-0.2, 0) is 4.79 Å². The number of amides is 1. The molecule has 0 saturated carbocycles. The van der Waals surface area contributed by atoms with Crippen LogP contribution in [0.15, 0.2) is 53.1 Å². The number of hydrazone groups is 1. The number of nitrogens with two attached hydrogens (primary N) is 1. The van der Waals surface area contributed by atoms with Crippen LogP contribution in [0.3, 0.4) is 0 Å². The summed E-state index contributed by atoms with van der Waals surface area (Å²) in [6.07, 6.45) is 1.56. The molecule has 134 valence electrons. The molecule has 0 bridgehead atoms. The van der Waals surface area contributed by atoms with Crippen molar-refractivity contribution in [2.24, 2.45) is 10.8 Å². The second-order valence-electron chi connectivity index (χ2n) is 5.55. The third-order valence-electron chi connectivity index (χ3n) is 3.83. The first-order valence-corrected chi connectivity index (χ1v) is 7.84. The molecule has 26 heavy (non-hydrogen) atoms. The topological polar surface area (TPSA) is 101 Å². The zero-order valence-corrected chi connectivity index (χ0v) is 14.0. The Kier molecular flexibility index (Phi) is 5.02. The Morgan fingerprint density at radius 3 is 2.88 bits per heavy atom. The highest BCUT2D eigenvalue weighted by molar-refractivity contribution is 6.05. The molecule has 1 heterocycles.